The summed E-state index contributed by atoms with van der Waals surface area (Å²) in [6, 6.07) is 5.97. The van der Waals surface area contributed by atoms with Gasteiger partial charge in [-0.15, -0.1) is 0 Å². The Bertz CT molecular complexity index is 954. The van der Waals surface area contributed by atoms with Crippen LogP contribution in [0.2, 0.25) is 0 Å². The normalized spacial score (nSPS) is 20.8. The van der Waals surface area contributed by atoms with Crippen molar-refractivity contribution < 1.29 is 9.32 Å². The highest BCUT2D eigenvalue weighted by molar-refractivity contribution is 7.99. The summed E-state index contributed by atoms with van der Waals surface area (Å²) in [6.07, 6.45) is 3.02. The van der Waals surface area contributed by atoms with Gasteiger partial charge < -0.3 is 14.0 Å². The van der Waals surface area contributed by atoms with E-state index >= 15 is 0 Å². The zero-order valence-corrected chi connectivity index (χ0v) is 18.1. The second-order valence-corrected chi connectivity index (χ2v) is 9.20. The first-order valence-corrected chi connectivity index (χ1v) is 11.4. The predicted octanol–water partition coefficient (Wildman–Crippen LogP) is 2.09. The monoisotopic (exact) mass is 416 g/mol. The lowest BCUT2D eigenvalue weighted by Gasteiger charge is -2.43. The lowest BCUT2D eigenvalue weighted by Crippen LogP contribution is -2.50. The van der Waals surface area contributed by atoms with Crippen LogP contribution < -0.4 is 5.56 Å². The number of nitrogens with zero attached hydrogens (tertiary/aromatic N) is 4. The first kappa shape index (κ1) is 20.2. The first-order valence-electron chi connectivity index (χ1n) is 10.0. The third kappa shape index (κ3) is 4.28. The molecule has 29 heavy (non-hydrogen) atoms. The molecule has 156 valence electrons. The molecule has 0 aliphatic carbocycles. The maximum Gasteiger partial charge on any atom is 0.255 e. The van der Waals surface area contributed by atoms with Crippen LogP contribution in [0, 0.1) is 12.8 Å². The average molecular weight is 417 g/mol. The minimum Gasteiger partial charge on any atom is -0.361 e. The van der Waals surface area contributed by atoms with Gasteiger partial charge in [0, 0.05) is 56.0 Å². The number of pyridine rings is 1. The summed E-state index contributed by atoms with van der Waals surface area (Å²) in [7, 11) is 1.98. The Morgan fingerprint density at radius 1 is 1.31 bits per heavy atom. The number of carbonyl (C=O) groups excluding carboxylic acids is 1. The van der Waals surface area contributed by atoms with Gasteiger partial charge in [0.2, 0.25) is 5.91 Å². The second kappa shape index (κ2) is 8.36. The van der Waals surface area contributed by atoms with Crippen molar-refractivity contribution in [2.45, 2.75) is 38.9 Å². The van der Waals surface area contributed by atoms with E-state index < -0.39 is 0 Å². The number of amides is 1. The van der Waals surface area contributed by atoms with E-state index in [0.717, 1.165) is 42.2 Å². The highest BCUT2D eigenvalue weighted by atomic mass is 32.2. The fourth-order valence-corrected chi connectivity index (χ4v) is 5.08. The molecule has 8 heteroatoms. The SMILES string of the molecule is CSCC(=O)N1C[C@@H]2C[C@H](C1)c1ccc(CN(C)Cc3cc(C)on3)c(=O)n1C2. The molecule has 1 saturated heterocycles. The molecule has 7 nitrogen and oxygen atoms in total. The number of aromatic nitrogens is 2. The van der Waals surface area contributed by atoms with E-state index in [9.17, 15) is 9.59 Å². The Hall–Kier alpha value is -2.06. The summed E-state index contributed by atoms with van der Waals surface area (Å²) in [4.78, 5) is 29.6. The van der Waals surface area contributed by atoms with Crippen molar-refractivity contribution in [2.24, 2.45) is 5.92 Å². The average Bonchev–Trinajstić information content (AvgIpc) is 3.09. The molecule has 1 amide bonds. The van der Waals surface area contributed by atoms with Crippen molar-refractivity contribution in [3.63, 3.8) is 0 Å². The molecule has 0 aromatic carbocycles. The number of likely N-dealkylation sites (tertiary alicyclic amines) is 1. The summed E-state index contributed by atoms with van der Waals surface area (Å²) < 4.78 is 7.08. The van der Waals surface area contributed by atoms with Crippen molar-refractivity contribution in [3.05, 3.63) is 51.3 Å². The Balaban J connectivity index is 1.50. The number of hydrogen-bond acceptors (Lipinski definition) is 6. The fraction of sp³-hybridized carbons (Fsp3) is 0.571. The summed E-state index contributed by atoms with van der Waals surface area (Å²) >= 11 is 1.57. The van der Waals surface area contributed by atoms with Crippen molar-refractivity contribution in [1.29, 1.82) is 0 Å². The molecule has 0 unspecified atom stereocenters. The van der Waals surface area contributed by atoms with Crippen LogP contribution in [0.1, 0.15) is 35.1 Å². The van der Waals surface area contributed by atoms with Crippen molar-refractivity contribution >= 4 is 17.7 Å². The number of rotatable bonds is 6. The summed E-state index contributed by atoms with van der Waals surface area (Å²) in [5, 5.41) is 4.03. The zero-order chi connectivity index (χ0) is 20.5. The van der Waals surface area contributed by atoms with Gasteiger partial charge >= 0.3 is 0 Å². The van der Waals surface area contributed by atoms with Crippen molar-refractivity contribution in [1.82, 2.24) is 19.5 Å². The van der Waals surface area contributed by atoms with Crippen LogP contribution in [0.5, 0.6) is 0 Å². The predicted molar refractivity (Wildman–Crippen MR) is 113 cm³/mol. The summed E-state index contributed by atoms with van der Waals surface area (Å²) in [6.45, 7) is 5.26. The van der Waals surface area contributed by atoms with Crippen molar-refractivity contribution in [3.8, 4) is 0 Å². The molecular formula is C21H28N4O3S. The number of thioether (sulfide) groups is 1. The molecule has 0 radical (unpaired) electrons. The van der Waals surface area contributed by atoms with E-state index in [2.05, 4.69) is 16.1 Å². The van der Waals surface area contributed by atoms with Gasteiger partial charge in [0.25, 0.3) is 5.56 Å². The number of carbonyl (C=O) groups is 1. The third-order valence-electron chi connectivity index (χ3n) is 5.85. The van der Waals surface area contributed by atoms with Gasteiger partial charge in [-0.05, 0) is 38.6 Å². The molecule has 0 saturated carbocycles. The maximum absolute atomic E-state index is 13.2. The molecule has 4 rings (SSSR count). The van der Waals surface area contributed by atoms with Crippen LogP contribution in [-0.2, 0) is 24.4 Å². The van der Waals surface area contributed by atoms with Crippen LogP contribution in [0.4, 0.5) is 0 Å². The minimum atomic E-state index is 0.101. The number of piperidine rings is 1. The van der Waals surface area contributed by atoms with Crippen LogP contribution in [0.15, 0.2) is 27.5 Å². The lowest BCUT2D eigenvalue weighted by molar-refractivity contribution is -0.131. The zero-order valence-electron chi connectivity index (χ0n) is 17.3. The summed E-state index contributed by atoms with van der Waals surface area (Å²) in [5.41, 5.74) is 2.84. The second-order valence-electron chi connectivity index (χ2n) is 8.33. The maximum atomic E-state index is 13.2. The topological polar surface area (TPSA) is 71.6 Å². The van der Waals surface area contributed by atoms with Gasteiger partial charge in [0.1, 0.15) is 5.76 Å². The Labute approximate surface area is 175 Å². The van der Waals surface area contributed by atoms with E-state index in [-0.39, 0.29) is 17.4 Å². The Kier molecular flexibility index (Phi) is 5.83. The number of hydrogen-bond donors (Lipinski definition) is 0. The quantitative estimate of drug-likeness (QED) is 0.718. The number of fused-ring (bicyclic) bond motifs is 4. The molecule has 2 aromatic rings. The van der Waals surface area contributed by atoms with Crippen LogP contribution in [0.3, 0.4) is 0 Å². The van der Waals surface area contributed by atoms with Crippen molar-refractivity contribution in [2.75, 3.05) is 32.1 Å². The van der Waals surface area contributed by atoms with E-state index in [4.69, 9.17) is 4.52 Å². The largest absolute Gasteiger partial charge is 0.361 e. The Morgan fingerprint density at radius 2 is 2.14 bits per heavy atom. The lowest BCUT2D eigenvalue weighted by atomic mass is 9.83. The molecule has 1 fully saturated rings. The van der Waals surface area contributed by atoms with Gasteiger partial charge in [0.05, 0.1) is 11.4 Å². The number of aryl methyl sites for hydroxylation is 1. The van der Waals surface area contributed by atoms with Gasteiger partial charge in [-0.3, -0.25) is 14.5 Å². The molecule has 2 atom stereocenters. The van der Waals surface area contributed by atoms with Crippen LogP contribution >= 0.6 is 11.8 Å². The Morgan fingerprint density at radius 3 is 2.86 bits per heavy atom. The van der Waals surface area contributed by atoms with E-state index in [1.165, 1.54) is 0 Å². The first-order chi connectivity index (χ1) is 13.9. The van der Waals surface area contributed by atoms with Crippen LogP contribution in [0.25, 0.3) is 0 Å². The smallest absolute Gasteiger partial charge is 0.255 e. The molecule has 2 aromatic heterocycles. The van der Waals surface area contributed by atoms with E-state index in [1.807, 2.05) is 41.8 Å². The van der Waals surface area contributed by atoms with E-state index in [1.54, 1.807) is 11.8 Å². The summed E-state index contributed by atoms with van der Waals surface area (Å²) in [5.74, 6) is 2.15. The van der Waals surface area contributed by atoms with Crippen LogP contribution in [-0.4, -0.2) is 57.6 Å². The highest BCUT2D eigenvalue weighted by Gasteiger charge is 2.36. The standard InChI is InChI=1S/C21H28N4O3S/c1-14-6-18(22-28-14)12-23(2)10-16-4-5-19-17-7-15(9-25(19)21(16)27)8-24(11-17)20(26)13-29-3/h4-6,15,17H,7-13H2,1-3H3/t15-,17+/m0/s1. The molecule has 2 bridgehead atoms. The molecule has 4 heterocycles. The molecular weight excluding hydrogens is 388 g/mol. The molecule has 2 aliphatic rings. The van der Waals surface area contributed by atoms with Gasteiger partial charge in [0.15, 0.2) is 0 Å². The van der Waals surface area contributed by atoms with Gasteiger partial charge in [-0.25, -0.2) is 0 Å². The molecule has 0 spiro atoms. The van der Waals surface area contributed by atoms with E-state index in [0.29, 0.717) is 31.3 Å². The molecule has 2 aliphatic heterocycles. The minimum absolute atomic E-state index is 0.101. The third-order valence-corrected chi connectivity index (χ3v) is 6.39. The molecule has 0 N–H and O–H groups in total. The van der Waals surface area contributed by atoms with Gasteiger partial charge in [-0.2, -0.15) is 11.8 Å². The highest BCUT2D eigenvalue weighted by Crippen LogP contribution is 2.35. The fourth-order valence-electron chi connectivity index (χ4n) is 4.65. The van der Waals surface area contributed by atoms with Gasteiger partial charge in [-0.1, -0.05) is 11.2 Å².